The van der Waals surface area contributed by atoms with Crippen molar-refractivity contribution in [2.24, 2.45) is 0 Å². The molecule has 1 aliphatic rings. The lowest BCUT2D eigenvalue weighted by Crippen LogP contribution is -2.49. The van der Waals surface area contributed by atoms with Crippen LogP contribution in [0.1, 0.15) is 32.8 Å². The number of rotatable bonds is 5. The van der Waals surface area contributed by atoms with Crippen LogP contribution in [0.5, 0.6) is 0 Å². The molecule has 1 heterocycles. The minimum Gasteiger partial charge on any atom is -0.333 e. The third kappa shape index (κ3) is 7.67. The van der Waals surface area contributed by atoms with Crippen molar-refractivity contribution in [1.29, 1.82) is 0 Å². The topological polar surface area (TPSA) is 64.7 Å². The highest BCUT2D eigenvalue weighted by atomic mass is 16.2. The maximum absolute atomic E-state index is 11.9. The molecule has 3 amide bonds. The van der Waals surface area contributed by atoms with Crippen molar-refractivity contribution in [2.45, 2.75) is 39.3 Å². The molecule has 0 saturated carbocycles. The van der Waals surface area contributed by atoms with Gasteiger partial charge in [0.05, 0.1) is 0 Å². The normalized spacial score (nSPS) is 16.4. The summed E-state index contributed by atoms with van der Waals surface area (Å²) in [6, 6.07) is 10.1. The molecule has 0 bridgehead atoms. The highest BCUT2D eigenvalue weighted by Crippen LogP contribution is 2.08. The zero-order valence-electron chi connectivity index (χ0n) is 15.5. The quantitative estimate of drug-likeness (QED) is 0.854. The van der Waals surface area contributed by atoms with Crippen molar-refractivity contribution in [1.82, 2.24) is 20.4 Å². The van der Waals surface area contributed by atoms with Crippen molar-refractivity contribution in [3.63, 3.8) is 0 Å². The van der Waals surface area contributed by atoms with E-state index >= 15 is 0 Å². The van der Waals surface area contributed by atoms with E-state index in [1.54, 1.807) is 0 Å². The first-order valence-electron chi connectivity index (χ1n) is 8.92. The molecular weight excluding hydrogens is 316 g/mol. The maximum atomic E-state index is 11.9. The second kappa shape index (κ2) is 8.97. The second-order valence-electron chi connectivity index (χ2n) is 7.61. The Labute approximate surface area is 150 Å². The van der Waals surface area contributed by atoms with Crippen molar-refractivity contribution in [3.8, 4) is 0 Å². The Hall–Kier alpha value is -1.92. The molecule has 1 saturated heterocycles. The van der Waals surface area contributed by atoms with Crippen LogP contribution >= 0.6 is 0 Å². The van der Waals surface area contributed by atoms with E-state index in [0.717, 1.165) is 32.7 Å². The van der Waals surface area contributed by atoms with Crippen molar-refractivity contribution in [2.75, 3.05) is 32.7 Å². The lowest BCUT2D eigenvalue weighted by atomic mass is 10.1. The smallest absolute Gasteiger partial charge is 0.321 e. The van der Waals surface area contributed by atoms with Crippen LogP contribution in [0.15, 0.2) is 30.3 Å². The van der Waals surface area contributed by atoms with Crippen LogP contribution in [0.2, 0.25) is 0 Å². The summed E-state index contributed by atoms with van der Waals surface area (Å²) in [7, 11) is 0. The average molecular weight is 346 g/mol. The van der Waals surface area contributed by atoms with Gasteiger partial charge in [0, 0.05) is 51.2 Å². The van der Waals surface area contributed by atoms with Crippen molar-refractivity contribution >= 4 is 11.9 Å². The van der Waals surface area contributed by atoms with Gasteiger partial charge < -0.3 is 10.2 Å². The van der Waals surface area contributed by atoms with Gasteiger partial charge in [-0.3, -0.25) is 15.0 Å². The summed E-state index contributed by atoms with van der Waals surface area (Å²) in [5, 5.41) is 5.12. The number of nitrogens with zero attached hydrogens (tertiary/aromatic N) is 2. The zero-order chi connectivity index (χ0) is 18.3. The Morgan fingerprint density at radius 1 is 1.00 bits per heavy atom. The number of amides is 3. The number of carbonyl (C=O) groups excluding carboxylic acids is 2. The number of hydrogen-bond acceptors (Lipinski definition) is 4. The highest BCUT2D eigenvalue weighted by Gasteiger charge is 2.19. The molecule has 0 atom stereocenters. The molecule has 2 N–H and O–H groups in total. The monoisotopic (exact) mass is 346 g/mol. The van der Waals surface area contributed by atoms with Gasteiger partial charge in [0.15, 0.2) is 0 Å². The van der Waals surface area contributed by atoms with Crippen molar-refractivity contribution < 1.29 is 9.59 Å². The molecule has 0 unspecified atom stereocenters. The number of urea groups is 1. The highest BCUT2D eigenvalue weighted by molar-refractivity contribution is 5.94. The molecule has 1 fully saturated rings. The van der Waals surface area contributed by atoms with E-state index in [1.807, 2.05) is 26.8 Å². The fourth-order valence-electron chi connectivity index (χ4n) is 2.83. The van der Waals surface area contributed by atoms with Gasteiger partial charge in [-0.05, 0) is 26.3 Å². The summed E-state index contributed by atoms with van der Waals surface area (Å²) in [4.78, 5) is 28.3. The SMILES string of the molecule is CC(C)(C)NC(=O)NC(=O)CCN1CCN(Cc2ccccc2)CC1. The summed E-state index contributed by atoms with van der Waals surface area (Å²) in [6.45, 7) is 11.2. The summed E-state index contributed by atoms with van der Waals surface area (Å²) in [6.07, 6.45) is 0.344. The van der Waals surface area contributed by atoms with Crippen LogP contribution in [0.3, 0.4) is 0 Å². The summed E-state index contributed by atoms with van der Waals surface area (Å²) in [5.74, 6) is -0.228. The van der Waals surface area contributed by atoms with E-state index in [4.69, 9.17) is 0 Å². The Morgan fingerprint density at radius 3 is 2.20 bits per heavy atom. The van der Waals surface area contributed by atoms with Gasteiger partial charge >= 0.3 is 6.03 Å². The molecule has 6 heteroatoms. The van der Waals surface area contributed by atoms with E-state index in [1.165, 1.54) is 5.56 Å². The van der Waals surface area contributed by atoms with E-state index in [2.05, 4.69) is 44.7 Å². The molecule has 1 aromatic rings. The van der Waals surface area contributed by atoms with Crippen LogP contribution in [0, 0.1) is 0 Å². The van der Waals surface area contributed by atoms with Crippen LogP contribution in [-0.2, 0) is 11.3 Å². The molecular formula is C19H30N4O2. The molecule has 0 aliphatic carbocycles. The minimum absolute atomic E-state index is 0.228. The van der Waals surface area contributed by atoms with Gasteiger partial charge in [0.1, 0.15) is 0 Å². The van der Waals surface area contributed by atoms with Gasteiger partial charge in [-0.25, -0.2) is 4.79 Å². The number of benzene rings is 1. The third-order valence-electron chi connectivity index (χ3n) is 4.11. The fraction of sp³-hybridized carbons (Fsp3) is 0.579. The molecule has 25 heavy (non-hydrogen) atoms. The van der Waals surface area contributed by atoms with E-state index in [0.29, 0.717) is 13.0 Å². The number of carbonyl (C=O) groups is 2. The number of imide groups is 1. The predicted molar refractivity (Wildman–Crippen MR) is 99.2 cm³/mol. The molecule has 0 radical (unpaired) electrons. The summed E-state index contributed by atoms with van der Waals surface area (Å²) < 4.78 is 0. The largest absolute Gasteiger partial charge is 0.333 e. The van der Waals surface area contributed by atoms with Crippen LogP contribution < -0.4 is 10.6 Å². The first-order valence-corrected chi connectivity index (χ1v) is 8.92. The number of hydrogen-bond donors (Lipinski definition) is 2. The second-order valence-corrected chi connectivity index (χ2v) is 7.61. The number of nitrogens with one attached hydrogen (secondary N) is 2. The Morgan fingerprint density at radius 2 is 1.60 bits per heavy atom. The predicted octanol–water partition coefficient (Wildman–Crippen LogP) is 1.82. The maximum Gasteiger partial charge on any atom is 0.321 e. The lowest BCUT2D eigenvalue weighted by molar-refractivity contribution is -0.120. The molecule has 2 rings (SSSR count). The van der Waals surface area contributed by atoms with Gasteiger partial charge in [0.25, 0.3) is 0 Å². The van der Waals surface area contributed by atoms with E-state index in [9.17, 15) is 9.59 Å². The van der Waals surface area contributed by atoms with Crippen LogP contribution in [-0.4, -0.2) is 60.0 Å². The van der Waals surface area contributed by atoms with E-state index in [-0.39, 0.29) is 11.4 Å². The first kappa shape index (κ1) is 19.4. The van der Waals surface area contributed by atoms with Crippen LogP contribution in [0.4, 0.5) is 4.79 Å². The van der Waals surface area contributed by atoms with Crippen molar-refractivity contribution in [3.05, 3.63) is 35.9 Å². The van der Waals surface area contributed by atoms with Crippen LogP contribution in [0.25, 0.3) is 0 Å². The summed E-state index contributed by atoms with van der Waals surface area (Å²) >= 11 is 0. The molecule has 138 valence electrons. The van der Waals surface area contributed by atoms with Gasteiger partial charge in [0.2, 0.25) is 5.91 Å². The molecule has 0 aromatic heterocycles. The zero-order valence-corrected chi connectivity index (χ0v) is 15.5. The van der Waals surface area contributed by atoms with Gasteiger partial charge in [-0.2, -0.15) is 0 Å². The molecule has 1 aromatic carbocycles. The molecule has 6 nitrogen and oxygen atoms in total. The number of piperazine rings is 1. The Kier molecular flexibility index (Phi) is 6.96. The van der Waals surface area contributed by atoms with E-state index < -0.39 is 6.03 Å². The molecule has 0 spiro atoms. The standard InChI is InChI=1S/C19H30N4O2/c1-19(2,3)21-18(25)20-17(24)9-10-22-11-13-23(14-12-22)15-16-7-5-4-6-8-16/h4-8H,9-15H2,1-3H3,(H2,20,21,24,25). The fourth-order valence-corrected chi connectivity index (χ4v) is 2.83. The lowest BCUT2D eigenvalue weighted by Gasteiger charge is -2.34. The Bertz CT molecular complexity index is 561. The minimum atomic E-state index is -0.426. The Balaban J connectivity index is 1.63. The average Bonchev–Trinajstić information content (AvgIpc) is 2.53. The molecule has 1 aliphatic heterocycles. The first-order chi connectivity index (χ1) is 11.8. The third-order valence-corrected chi connectivity index (χ3v) is 4.11. The van der Waals surface area contributed by atoms with Gasteiger partial charge in [-0.15, -0.1) is 0 Å². The summed E-state index contributed by atoms with van der Waals surface area (Å²) in [5.41, 5.74) is 0.986. The van der Waals surface area contributed by atoms with Gasteiger partial charge in [-0.1, -0.05) is 30.3 Å².